The van der Waals surface area contributed by atoms with Gasteiger partial charge in [-0.3, -0.25) is 0 Å². The smallest absolute Gasteiger partial charge is 0.0465 e. The summed E-state index contributed by atoms with van der Waals surface area (Å²) in [6.45, 7) is 22.1. The minimum absolute atomic E-state index is 0.345. The Bertz CT molecular complexity index is 618. The van der Waals surface area contributed by atoms with E-state index in [2.05, 4.69) is 50.8 Å². The standard InChI is InChI=1S/C31H54N2/c1-7-8-9-11-17-27(6)33-31(24(2)3)19-14-15-20-32-26(5)16-12-10-13-18-28-21-25(4)30-23-29(30)22-28/h7,25,28-33H,1-2,5-6,8-23H2,3-4H3. The van der Waals surface area contributed by atoms with Gasteiger partial charge in [0.15, 0.2) is 0 Å². The van der Waals surface area contributed by atoms with Crippen LogP contribution in [0.25, 0.3) is 0 Å². The molecule has 2 aliphatic rings. The summed E-state index contributed by atoms with van der Waals surface area (Å²) in [5.41, 5.74) is 3.58. The summed E-state index contributed by atoms with van der Waals surface area (Å²) < 4.78 is 0. The first-order chi connectivity index (χ1) is 15.9. The lowest BCUT2D eigenvalue weighted by molar-refractivity contribution is 0.250. The molecule has 0 aromatic heterocycles. The van der Waals surface area contributed by atoms with Gasteiger partial charge in [0.1, 0.15) is 0 Å². The molecule has 0 amide bonds. The van der Waals surface area contributed by atoms with Crippen molar-refractivity contribution in [3.8, 4) is 0 Å². The second-order valence-corrected chi connectivity index (χ2v) is 11.3. The highest BCUT2D eigenvalue weighted by Gasteiger charge is 2.45. The van der Waals surface area contributed by atoms with Gasteiger partial charge in [0.25, 0.3) is 0 Å². The number of hydrogen-bond acceptors (Lipinski definition) is 2. The fourth-order valence-electron chi connectivity index (χ4n) is 5.86. The van der Waals surface area contributed by atoms with E-state index in [1.54, 1.807) is 6.42 Å². The van der Waals surface area contributed by atoms with Crippen molar-refractivity contribution in [3.63, 3.8) is 0 Å². The second kappa shape index (κ2) is 15.5. The Morgan fingerprint density at radius 3 is 2.39 bits per heavy atom. The maximum Gasteiger partial charge on any atom is 0.0465 e. The van der Waals surface area contributed by atoms with E-state index in [0.29, 0.717) is 6.04 Å². The van der Waals surface area contributed by atoms with Crippen LogP contribution in [-0.4, -0.2) is 12.6 Å². The third-order valence-corrected chi connectivity index (χ3v) is 8.04. The molecule has 33 heavy (non-hydrogen) atoms. The summed E-state index contributed by atoms with van der Waals surface area (Å²) in [6, 6.07) is 0.345. The molecule has 2 N–H and O–H groups in total. The number of allylic oxidation sites excluding steroid dienone is 3. The van der Waals surface area contributed by atoms with E-state index in [0.717, 1.165) is 61.6 Å². The van der Waals surface area contributed by atoms with Crippen LogP contribution in [0, 0.1) is 23.7 Å². The van der Waals surface area contributed by atoms with E-state index >= 15 is 0 Å². The highest BCUT2D eigenvalue weighted by molar-refractivity contribution is 5.07. The van der Waals surface area contributed by atoms with Crippen molar-refractivity contribution in [1.82, 2.24) is 10.6 Å². The fraction of sp³-hybridized carbons (Fsp3) is 0.742. The SMILES string of the molecule is C=CCCCCC(=C)NC(CCCCNC(=C)CCCCCC1CC(C)C2CC2C1)C(=C)C. The van der Waals surface area contributed by atoms with E-state index in [-0.39, 0.29) is 0 Å². The van der Waals surface area contributed by atoms with Crippen LogP contribution < -0.4 is 10.6 Å². The molecule has 0 saturated heterocycles. The van der Waals surface area contributed by atoms with Gasteiger partial charge in [-0.1, -0.05) is 57.6 Å². The Balaban J connectivity index is 1.44. The Morgan fingerprint density at radius 2 is 1.67 bits per heavy atom. The van der Waals surface area contributed by atoms with Crippen molar-refractivity contribution < 1.29 is 0 Å². The van der Waals surface area contributed by atoms with Gasteiger partial charge >= 0.3 is 0 Å². The van der Waals surface area contributed by atoms with Crippen LogP contribution in [0.4, 0.5) is 0 Å². The van der Waals surface area contributed by atoms with E-state index in [1.165, 1.54) is 75.5 Å². The zero-order chi connectivity index (χ0) is 24.1. The van der Waals surface area contributed by atoms with Crippen molar-refractivity contribution >= 4 is 0 Å². The van der Waals surface area contributed by atoms with Crippen LogP contribution in [0.15, 0.2) is 49.4 Å². The van der Waals surface area contributed by atoms with Gasteiger partial charge in [-0.25, -0.2) is 0 Å². The van der Waals surface area contributed by atoms with Gasteiger partial charge in [-0.2, -0.15) is 0 Å². The zero-order valence-electron chi connectivity index (χ0n) is 22.1. The fourth-order valence-corrected chi connectivity index (χ4v) is 5.86. The molecule has 0 radical (unpaired) electrons. The summed E-state index contributed by atoms with van der Waals surface area (Å²) in [5, 5.41) is 7.17. The van der Waals surface area contributed by atoms with Crippen molar-refractivity contribution in [2.45, 2.75) is 116 Å². The molecule has 0 spiro atoms. The Morgan fingerprint density at radius 1 is 0.909 bits per heavy atom. The minimum atomic E-state index is 0.345. The van der Waals surface area contributed by atoms with Crippen LogP contribution in [0.5, 0.6) is 0 Å². The lowest BCUT2D eigenvalue weighted by Gasteiger charge is -2.26. The molecule has 0 bridgehead atoms. The van der Waals surface area contributed by atoms with Gasteiger partial charge < -0.3 is 10.6 Å². The Kier molecular flexibility index (Phi) is 13.0. The normalized spacial score (nSPS) is 24.4. The molecule has 0 aromatic carbocycles. The first kappa shape index (κ1) is 27.8. The summed E-state index contributed by atoms with van der Waals surface area (Å²) in [7, 11) is 0. The molecule has 5 unspecified atom stereocenters. The van der Waals surface area contributed by atoms with Crippen LogP contribution in [0.1, 0.15) is 110 Å². The summed E-state index contributed by atoms with van der Waals surface area (Å²) in [6.07, 6.45) is 21.2. The molecular weight excluding hydrogens is 400 g/mol. The molecule has 0 aliphatic heterocycles. The van der Waals surface area contributed by atoms with Crippen molar-refractivity contribution in [2.75, 3.05) is 6.54 Å². The third kappa shape index (κ3) is 11.5. The molecule has 0 aromatic rings. The van der Waals surface area contributed by atoms with E-state index in [1.807, 2.05) is 6.08 Å². The lowest BCUT2D eigenvalue weighted by Crippen LogP contribution is -2.29. The molecule has 2 nitrogen and oxygen atoms in total. The third-order valence-electron chi connectivity index (χ3n) is 8.04. The van der Waals surface area contributed by atoms with Gasteiger partial charge in [-0.15, -0.1) is 6.58 Å². The van der Waals surface area contributed by atoms with Gasteiger partial charge in [-0.05, 0) is 108 Å². The highest BCUT2D eigenvalue weighted by atomic mass is 14.9. The van der Waals surface area contributed by atoms with Gasteiger partial charge in [0.05, 0.1) is 0 Å². The van der Waals surface area contributed by atoms with E-state index < -0.39 is 0 Å². The van der Waals surface area contributed by atoms with Crippen LogP contribution in [0.3, 0.4) is 0 Å². The first-order valence-corrected chi connectivity index (χ1v) is 14.0. The maximum absolute atomic E-state index is 4.25. The van der Waals surface area contributed by atoms with Crippen LogP contribution in [-0.2, 0) is 0 Å². The van der Waals surface area contributed by atoms with Crippen molar-refractivity contribution in [1.29, 1.82) is 0 Å². The second-order valence-electron chi connectivity index (χ2n) is 11.3. The van der Waals surface area contributed by atoms with E-state index in [9.17, 15) is 0 Å². The molecule has 2 saturated carbocycles. The summed E-state index contributed by atoms with van der Waals surface area (Å²) in [5.74, 6) is 4.24. The molecule has 2 fully saturated rings. The zero-order valence-corrected chi connectivity index (χ0v) is 22.1. The molecule has 5 atom stereocenters. The summed E-state index contributed by atoms with van der Waals surface area (Å²) in [4.78, 5) is 0. The van der Waals surface area contributed by atoms with E-state index in [4.69, 9.17) is 0 Å². The monoisotopic (exact) mass is 454 g/mol. The number of rotatable bonds is 20. The predicted molar refractivity (Wildman–Crippen MR) is 147 cm³/mol. The Labute approximate surface area is 206 Å². The minimum Gasteiger partial charge on any atom is -0.389 e. The van der Waals surface area contributed by atoms with Gasteiger partial charge in [0, 0.05) is 24.0 Å². The topological polar surface area (TPSA) is 24.1 Å². The molecular formula is C31H54N2. The molecule has 2 aliphatic carbocycles. The molecule has 188 valence electrons. The average molecular weight is 455 g/mol. The maximum atomic E-state index is 4.25. The molecule has 2 rings (SSSR count). The van der Waals surface area contributed by atoms with Crippen LogP contribution in [0.2, 0.25) is 0 Å². The quantitative estimate of drug-likeness (QED) is 0.142. The number of nitrogens with one attached hydrogen (secondary N) is 2. The largest absolute Gasteiger partial charge is 0.389 e. The van der Waals surface area contributed by atoms with Crippen molar-refractivity contribution in [3.05, 3.63) is 49.4 Å². The van der Waals surface area contributed by atoms with Crippen LogP contribution >= 0.6 is 0 Å². The molecule has 0 heterocycles. The number of hydrogen-bond donors (Lipinski definition) is 2. The predicted octanol–water partition coefficient (Wildman–Crippen LogP) is 8.69. The lowest BCUT2D eigenvalue weighted by atomic mass is 9.80. The average Bonchev–Trinajstić information content (AvgIpc) is 3.55. The number of fused-ring (bicyclic) bond motifs is 1. The highest BCUT2D eigenvalue weighted by Crippen LogP contribution is 2.55. The van der Waals surface area contributed by atoms with Crippen molar-refractivity contribution in [2.24, 2.45) is 23.7 Å². The Hall–Kier alpha value is -1.44. The van der Waals surface area contributed by atoms with Gasteiger partial charge in [0.2, 0.25) is 0 Å². The summed E-state index contributed by atoms with van der Waals surface area (Å²) >= 11 is 0. The molecule has 2 heteroatoms. The number of unbranched alkanes of at least 4 members (excludes halogenated alkanes) is 5. The first-order valence-electron chi connectivity index (χ1n) is 14.0.